The first-order valence-corrected chi connectivity index (χ1v) is 17.9. The Morgan fingerprint density at radius 2 is 0.882 bits per heavy atom. The molecular formula is C47H29N3S. The van der Waals surface area contributed by atoms with Crippen LogP contribution in [0.4, 0.5) is 0 Å². The number of hydrogen-bond acceptors (Lipinski definition) is 4. The molecule has 0 saturated carbocycles. The van der Waals surface area contributed by atoms with Crippen molar-refractivity contribution < 1.29 is 0 Å². The van der Waals surface area contributed by atoms with E-state index in [2.05, 4.69) is 176 Å². The van der Waals surface area contributed by atoms with Crippen molar-refractivity contribution in [1.29, 1.82) is 0 Å². The summed E-state index contributed by atoms with van der Waals surface area (Å²) in [5.41, 5.74) is 7.38. The number of benzene rings is 8. The number of hydrogen-bond donors (Lipinski definition) is 0. The maximum Gasteiger partial charge on any atom is 0.164 e. The van der Waals surface area contributed by atoms with Crippen LogP contribution in [0, 0.1) is 0 Å². The fourth-order valence-corrected chi connectivity index (χ4v) is 8.30. The molecule has 0 aliphatic heterocycles. The van der Waals surface area contributed by atoms with Crippen molar-refractivity contribution in [3.63, 3.8) is 0 Å². The Labute approximate surface area is 299 Å². The van der Waals surface area contributed by atoms with Crippen LogP contribution < -0.4 is 0 Å². The van der Waals surface area contributed by atoms with E-state index in [4.69, 9.17) is 15.0 Å². The maximum absolute atomic E-state index is 5.31. The number of nitrogens with zero attached hydrogens (tertiary/aromatic N) is 3. The molecule has 0 radical (unpaired) electrons. The van der Waals surface area contributed by atoms with Gasteiger partial charge >= 0.3 is 0 Å². The number of rotatable bonds is 5. The van der Waals surface area contributed by atoms with Gasteiger partial charge in [0.05, 0.1) is 0 Å². The Hall–Kier alpha value is -6.49. The average Bonchev–Trinajstić information content (AvgIpc) is 3.59. The summed E-state index contributed by atoms with van der Waals surface area (Å²) in [6.45, 7) is 0. The first kappa shape index (κ1) is 29.4. The van der Waals surface area contributed by atoms with Crippen molar-refractivity contribution >= 4 is 53.1 Å². The molecule has 0 amide bonds. The van der Waals surface area contributed by atoms with Gasteiger partial charge in [0.25, 0.3) is 0 Å². The Bertz CT molecular complexity index is 2860. The molecule has 51 heavy (non-hydrogen) atoms. The van der Waals surface area contributed by atoms with Gasteiger partial charge in [0.2, 0.25) is 0 Å². The predicted molar refractivity (Wildman–Crippen MR) is 215 cm³/mol. The fourth-order valence-electron chi connectivity index (χ4n) is 7.22. The average molecular weight is 668 g/mol. The molecule has 0 saturated heterocycles. The summed E-state index contributed by atoms with van der Waals surface area (Å²) in [5, 5.41) is 7.12. The Morgan fingerprint density at radius 1 is 0.314 bits per heavy atom. The van der Waals surface area contributed by atoms with Crippen LogP contribution in [0.2, 0.25) is 0 Å². The molecule has 0 aliphatic carbocycles. The molecule has 2 heterocycles. The van der Waals surface area contributed by atoms with Crippen LogP contribution in [-0.4, -0.2) is 15.0 Å². The zero-order valence-electron chi connectivity index (χ0n) is 27.5. The van der Waals surface area contributed by atoms with Gasteiger partial charge < -0.3 is 0 Å². The standard InChI is InChI=1S/C47H29N3S/c1-3-12-30(13-4-1)35-26-36(31-14-5-2-6-15-31)28-37(27-35)46-48-45(34-24-25-43-41(29-34)39-19-9-10-21-42(39)51-43)49-47(50-46)40-20-11-17-33-23-22-32-16-7-8-18-38(32)44(33)40/h1-29H. The molecule has 8 aromatic carbocycles. The second kappa shape index (κ2) is 12.1. The van der Waals surface area contributed by atoms with Gasteiger partial charge in [-0.2, -0.15) is 0 Å². The monoisotopic (exact) mass is 667 g/mol. The molecule has 0 unspecified atom stereocenters. The third-order valence-corrected chi connectivity index (χ3v) is 10.8. The fraction of sp³-hybridized carbons (Fsp3) is 0. The quantitative estimate of drug-likeness (QED) is 0.171. The van der Waals surface area contributed by atoms with E-state index in [0.717, 1.165) is 49.7 Å². The molecule has 10 aromatic rings. The smallest absolute Gasteiger partial charge is 0.164 e. The van der Waals surface area contributed by atoms with E-state index in [9.17, 15) is 0 Å². The third kappa shape index (κ3) is 5.25. The lowest BCUT2D eigenvalue weighted by Crippen LogP contribution is -2.01. The minimum absolute atomic E-state index is 0.637. The van der Waals surface area contributed by atoms with E-state index in [-0.39, 0.29) is 0 Å². The number of thiophene rings is 1. The summed E-state index contributed by atoms with van der Waals surface area (Å²) in [6, 6.07) is 62.2. The summed E-state index contributed by atoms with van der Waals surface area (Å²) < 4.78 is 2.52. The van der Waals surface area contributed by atoms with Gasteiger partial charge in [0.1, 0.15) is 0 Å². The highest BCUT2D eigenvalue weighted by molar-refractivity contribution is 7.25. The summed E-state index contributed by atoms with van der Waals surface area (Å²) >= 11 is 1.81. The molecule has 4 heteroatoms. The van der Waals surface area contributed by atoms with Crippen molar-refractivity contribution in [2.24, 2.45) is 0 Å². The predicted octanol–water partition coefficient (Wildman–Crippen LogP) is 12.9. The molecule has 0 fully saturated rings. The summed E-state index contributed by atoms with van der Waals surface area (Å²) in [6.07, 6.45) is 0. The van der Waals surface area contributed by atoms with Gasteiger partial charge in [-0.1, -0.05) is 133 Å². The van der Waals surface area contributed by atoms with E-state index >= 15 is 0 Å². The van der Waals surface area contributed by atoms with Crippen LogP contribution >= 0.6 is 11.3 Å². The topological polar surface area (TPSA) is 38.7 Å². The van der Waals surface area contributed by atoms with Crippen molar-refractivity contribution in [2.45, 2.75) is 0 Å². The van der Waals surface area contributed by atoms with Gasteiger partial charge in [-0.05, 0) is 80.9 Å². The first-order chi connectivity index (χ1) is 25.2. The van der Waals surface area contributed by atoms with E-state index in [1.54, 1.807) is 0 Å². The van der Waals surface area contributed by atoms with Crippen molar-refractivity contribution in [2.75, 3.05) is 0 Å². The molecular weight excluding hydrogens is 639 g/mol. The van der Waals surface area contributed by atoms with E-state index < -0.39 is 0 Å². The highest BCUT2D eigenvalue weighted by atomic mass is 32.1. The SMILES string of the molecule is c1ccc(-c2cc(-c3ccccc3)cc(-c3nc(-c4ccc5sc6ccccc6c5c4)nc(-c4cccc5ccc6ccccc6c45)n3)c2)cc1. The Morgan fingerprint density at radius 3 is 1.65 bits per heavy atom. The van der Waals surface area contributed by atoms with Gasteiger partial charge in [0.15, 0.2) is 17.5 Å². The maximum atomic E-state index is 5.31. The van der Waals surface area contributed by atoms with Crippen LogP contribution in [0.15, 0.2) is 176 Å². The van der Waals surface area contributed by atoms with Crippen LogP contribution in [0.1, 0.15) is 0 Å². The highest BCUT2D eigenvalue weighted by Gasteiger charge is 2.18. The number of fused-ring (bicyclic) bond motifs is 6. The Kier molecular flexibility index (Phi) is 7.00. The largest absolute Gasteiger partial charge is 0.208 e. The van der Waals surface area contributed by atoms with E-state index in [1.165, 1.54) is 30.9 Å². The van der Waals surface area contributed by atoms with Gasteiger partial charge in [0, 0.05) is 42.2 Å². The molecule has 10 rings (SSSR count). The normalized spacial score (nSPS) is 11.5. The molecule has 0 N–H and O–H groups in total. The second-order valence-electron chi connectivity index (χ2n) is 12.8. The van der Waals surface area contributed by atoms with Crippen molar-refractivity contribution in [3.05, 3.63) is 176 Å². The molecule has 0 bridgehead atoms. The zero-order chi connectivity index (χ0) is 33.7. The van der Waals surface area contributed by atoms with E-state index in [1.807, 2.05) is 11.3 Å². The van der Waals surface area contributed by atoms with Gasteiger partial charge in [-0.3, -0.25) is 0 Å². The van der Waals surface area contributed by atoms with Gasteiger partial charge in [-0.25, -0.2) is 15.0 Å². The third-order valence-electron chi connectivity index (χ3n) is 9.69. The molecule has 0 aliphatic rings. The lowest BCUT2D eigenvalue weighted by molar-refractivity contribution is 1.08. The lowest BCUT2D eigenvalue weighted by Gasteiger charge is -2.14. The van der Waals surface area contributed by atoms with Crippen LogP contribution in [0.25, 0.3) is 98.1 Å². The minimum Gasteiger partial charge on any atom is -0.208 e. The summed E-state index contributed by atoms with van der Waals surface area (Å²) in [7, 11) is 0. The molecule has 238 valence electrons. The number of aromatic nitrogens is 3. The van der Waals surface area contributed by atoms with Crippen LogP contribution in [-0.2, 0) is 0 Å². The van der Waals surface area contributed by atoms with Crippen molar-refractivity contribution in [1.82, 2.24) is 15.0 Å². The van der Waals surface area contributed by atoms with Crippen molar-refractivity contribution in [3.8, 4) is 56.4 Å². The van der Waals surface area contributed by atoms with Gasteiger partial charge in [-0.15, -0.1) is 11.3 Å². The van der Waals surface area contributed by atoms with E-state index in [0.29, 0.717) is 17.5 Å². The second-order valence-corrected chi connectivity index (χ2v) is 13.9. The summed E-state index contributed by atoms with van der Waals surface area (Å²) in [4.78, 5) is 15.8. The molecule has 2 aromatic heterocycles. The van der Waals surface area contributed by atoms with Crippen LogP contribution in [0.3, 0.4) is 0 Å². The molecule has 0 atom stereocenters. The molecule has 3 nitrogen and oxygen atoms in total. The zero-order valence-corrected chi connectivity index (χ0v) is 28.3. The lowest BCUT2D eigenvalue weighted by atomic mass is 9.95. The highest BCUT2D eigenvalue weighted by Crippen LogP contribution is 2.39. The summed E-state index contributed by atoms with van der Waals surface area (Å²) in [5.74, 6) is 1.94. The van der Waals surface area contributed by atoms with Crippen LogP contribution in [0.5, 0.6) is 0 Å². The Balaban J connectivity index is 1.25. The first-order valence-electron chi connectivity index (χ1n) is 17.1. The molecule has 0 spiro atoms. The minimum atomic E-state index is 0.637.